The molecule has 0 aromatic carbocycles. The van der Waals surface area contributed by atoms with Crippen LogP contribution in [0.15, 0.2) is 12.3 Å². The van der Waals surface area contributed by atoms with Crippen LogP contribution in [0.4, 0.5) is 0 Å². The number of ether oxygens (including phenoxy) is 1. The summed E-state index contributed by atoms with van der Waals surface area (Å²) in [5, 5.41) is 4.69. The first-order valence-electron chi connectivity index (χ1n) is 7.22. The van der Waals surface area contributed by atoms with E-state index in [-0.39, 0.29) is 5.91 Å². The monoisotopic (exact) mass is 297 g/mol. The second-order valence-electron chi connectivity index (χ2n) is 5.49. The molecule has 0 saturated carbocycles. The average Bonchev–Trinajstić information content (AvgIpc) is 2.85. The summed E-state index contributed by atoms with van der Waals surface area (Å²) in [4.78, 5) is 19.6. The van der Waals surface area contributed by atoms with E-state index in [0.717, 1.165) is 44.9 Å². The summed E-state index contributed by atoms with van der Waals surface area (Å²) in [6, 6.07) is 1.87. The highest BCUT2D eigenvalue weighted by atomic mass is 16.5. The third kappa shape index (κ3) is 2.19. The predicted octanol–water partition coefficient (Wildman–Crippen LogP) is 0.642. The second-order valence-corrected chi connectivity index (χ2v) is 5.49. The van der Waals surface area contributed by atoms with Crippen LogP contribution in [-0.4, -0.2) is 29.5 Å². The van der Waals surface area contributed by atoms with Gasteiger partial charge in [0, 0.05) is 36.6 Å². The van der Waals surface area contributed by atoms with Gasteiger partial charge in [0.25, 0.3) is 5.91 Å². The number of pyridine rings is 1. The van der Waals surface area contributed by atoms with Crippen molar-refractivity contribution in [3.8, 4) is 5.88 Å². The van der Waals surface area contributed by atoms with Crippen LogP contribution in [-0.2, 0) is 6.42 Å². The molecule has 5 heteroatoms. The van der Waals surface area contributed by atoms with E-state index in [0.29, 0.717) is 12.4 Å². The summed E-state index contributed by atoms with van der Waals surface area (Å²) >= 11 is 0. The number of aromatic nitrogens is 2. The normalized spacial score (nSPS) is 15.1. The van der Waals surface area contributed by atoms with Crippen LogP contribution in [0.1, 0.15) is 34.2 Å². The number of methoxy groups -OCH3 is 1. The number of nitrogens with zero attached hydrogens (tertiary/aromatic N) is 1. The van der Waals surface area contributed by atoms with E-state index in [1.165, 1.54) is 0 Å². The Bertz CT molecular complexity index is 865. The Hall–Kier alpha value is -2.56. The smallest absolute Gasteiger partial charge is 0.253 e. The summed E-state index contributed by atoms with van der Waals surface area (Å²) in [6.07, 6.45) is 2.52. The largest absolute Gasteiger partial charge is 0.481 e. The highest BCUT2D eigenvalue weighted by molar-refractivity contribution is 5.99. The first kappa shape index (κ1) is 14.4. The summed E-state index contributed by atoms with van der Waals surface area (Å²) in [7, 11) is 1.59. The Kier molecular flexibility index (Phi) is 3.48. The fraction of sp³-hybridized carbons (Fsp3) is 0.294. The van der Waals surface area contributed by atoms with E-state index in [4.69, 9.17) is 4.74 Å². The molecule has 1 amide bonds. The van der Waals surface area contributed by atoms with Crippen molar-refractivity contribution in [3.63, 3.8) is 0 Å². The highest BCUT2D eigenvalue weighted by Gasteiger charge is 2.24. The number of nitrogens with one attached hydrogen (secondary N) is 2. The van der Waals surface area contributed by atoms with Gasteiger partial charge in [-0.1, -0.05) is 6.58 Å². The summed E-state index contributed by atoms with van der Waals surface area (Å²) in [5.74, 6) is 0.546. The summed E-state index contributed by atoms with van der Waals surface area (Å²) in [6.45, 7) is 8.70. The molecule has 2 aromatic heterocycles. The van der Waals surface area contributed by atoms with Crippen molar-refractivity contribution >= 4 is 18.1 Å². The van der Waals surface area contributed by atoms with Gasteiger partial charge in [-0.2, -0.15) is 0 Å². The lowest BCUT2D eigenvalue weighted by molar-refractivity contribution is 0.0945. The number of carbonyl (C=O) groups is 1. The molecule has 0 aliphatic carbocycles. The number of H-pyrrole nitrogens is 1. The summed E-state index contributed by atoms with van der Waals surface area (Å²) in [5.41, 5.74) is 4.75. The molecule has 22 heavy (non-hydrogen) atoms. The minimum atomic E-state index is -0.00351. The van der Waals surface area contributed by atoms with Gasteiger partial charge in [0.05, 0.1) is 12.7 Å². The van der Waals surface area contributed by atoms with Crippen molar-refractivity contribution in [3.05, 3.63) is 45.2 Å². The summed E-state index contributed by atoms with van der Waals surface area (Å²) < 4.78 is 5.20. The third-order valence-electron chi connectivity index (χ3n) is 4.16. The van der Waals surface area contributed by atoms with Crippen LogP contribution in [0.25, 0.3) is 12.2 Å². The zero-order valence-electron chi connectivity index (χ0n) is 13.0. The van der Waals surface area contributed by atoms with Gasteiger partial charge in [0.1, 0.15) is 0 Å². The standard InChI is InChI=1S/C17H19N3O2/c1-9-8-19-14(22-4)7-12(9)10(2)16-11(3)15-13(20-16)5-6-18-17(15)21/h7-8,20H,1,5-6H2,2-4H3,(H,18,21)/b12-10+. The van der Waals surface area contributed by atoms with Crippen molar-refractivity contribution < 1.29 is 9.53 Å². The molecular formula is C17H19N3O2. The first-order valence-corrected chi connectivity index (χ1v) is 7.22. The van der Waals surface area contributed by atoms with Gasteiger partial charge in [-0.3, -0.25) is 4.79 Å². The zero-order chi connectivity index (χ0) is 15.9. The number of hydrogen-bond acceptors (Lipinski definition) is 3. The molecule has 3 rings (SSSR count). The molecule has 5 nitrogen and oxygen atoms in total. The van der Waals surface area contributed by atoms with E-state index >= 15 is 0 Å². The molecule has 1 aliphatic rings. The van der Waals surface area contributed by atoms with Crippen LogP contribution in [0.3, 0.4) is 0 Å². The Labute approximate surface area is 128 Å². The lowest BCUT2D eigenvalue weighted by atomic mass is 10.0. The van der Waals surface area contributed by atoms with E-state index < -0.39 is 0 Å². The van der Waals surface area contributed by atoms with E-state index in [2.05, 4.69) is 21.9 Å². The maximum absolute atomic E-state index is 12.1. The number of rotatable bonds is 2. The average molecular weight is 297 g/mol. The quantitative estimate of drug-likeness (QED) is 0.855. The molecule has 2 N–H and O–H groups in total. The molecule has 2 aromatic rings. The van der Waals surface area contributed by atoms with E-state index in [1.807, 2.05) is 19.9 Å². The number of hydrogen-bond donors (Lipinski definition) is 2. The van der Waals surface area contributed by atoms with Crippen LogP contribution in [0.5, 0.6) is 5.88 Å². The number of fused-ring (bicyclic) bond motifs is 1. The van der Waals surface area contributed by atoms with Crippen molar-refractivity contribution in [2.45, 2.75) is 20.3 Å². The molecule has 0 unspecified atom stereocenters. The van der Waals surface area contributed by atoms with Crippen LogP contribution < -0.4 is 20.5 Å². The van der Waals surface area contributed by atoms with Crippen molar-refractivity contribution in [1.82, 2.24) is 15.3 Å². The van der Waals surface area contributed by atoms with Gasteiger partial charge in [-0.15, -0.1) is 0 Å². The van der Waals surface area contributed by atoms with Gasteiger partial charge in [-0.05, 0) is 35.4 Å². The van der Waals surface area contributed by atoms with Gasteiger partial charge >= 0.3 is 0 Å². The number of carbonyl (C=O) groups excluding carboxylic acids is 1. The molecule has 3 heterocycles. The lowest BCUT2D eigenvalue weighted by Crippen LogP contribution is -2.31. The topological polar surface area (TPSA) is 67.0 Å². The molecule has 0 atom stereocenters. The molecule has 0 saturated heterocycles. The fourth-order valence-corrected chi connectivity index (χ4v) is 2.98. The Morgan fingerprint density at radius 3 is 2.91 bits per heavy atom. The molecule has 0 fully saturated rings. The maximum Gasteiger partial charge on any atom is 0.253 e. The van der Waals surface area contributed by atoms with Crippen molar-refractivity contribution in [2.24, 2.45) is 0 Å². The fourth-order valence-electron chi connectivity index (χ4n) is 2.98. The minimum Gasteiger partial charge on any atom is -0.481 e. The SMILES string of the molecule is C=c1cnc(OC)c/c1=C(/C)c1[nH]c2c(c1C)C(=O)NCC2. The van der Waals surface area contributed by atoms with Crippen molar-refractivity contribution in [2.75, 3.05) is 13.7 Å². The third-order valence-corrected chi connectivity index (χ3v) is 4.16. The molecule has 1 aliphatic heterocycles. The minimum absolute atomic E-state index is 0.00351. The molecule has 0 radical (unpaired) electrons. The Morgan fingerprint density at radius 1 is 1.45 bits per heavy atom. The molecule has 0 spiro atoms. The van der Waals surface area contributed by atoms with E-state index in [1.54, 1.807) is 13.3 Å². The van der Waals surface area contributed by atoms with E-state index in [9.17, 15) is 4.79 Å². The Balaban J connectivity index is 2.26. The van der Waals surface area contributed by atoms with Crippen LogP contribution in [0, 0.1) is 6.92 Å². The van der Waals surface area contributed by atoms with Crippen molar-refractivity contribution in [1.29, 1.82) is 0 Å². The number of amides is 1. The lowest BCUT2D eigenvalue weighted by Gasteiger charge is -2.12. The highest BCUT2D eigenvalue weighted by Crippen LogP contribution is 2.25. The van der Waals surface area contributed by atoms with Gasteiger partial charge < -0.3 is 15.0 Å². The van der Waals surface area contributed by atoms with Crippen LogP contribution >= 0.6 is 0 Å². The number of aromatic amines is 1. The van der Waals surface area contributed by atoms with Gasteiger partial charge in [0.2, 0.25) is 5.88 Å². The second kappa shape index (κ2) is 5.33. The predicted molar refractivity (Wildman–Crippen MR) is 85.3 cm³/mol. The molecule has 0 bridgehead atoms. The molecular weight excluding hydrogens is 278 g/mol. The van der Waals surface area contributed by atoms with Gasteiger partial charge in [0.15, 0.2) is 0 Å². The molecule has 114 valence electrons. The maximum atomic E-state index is 12.1. The van der Waals surface area contributed by atoms with Crippen LogP contribution in [0.2, 0.25) is 0 Å². The van der Waals surface area contributed by atoms with Gasteiger partial charge in [-0.25, -0.2) is 4.98 Å². The first-order chi connectivity index (χ1) is 10.5. The zero-order valence-corrected chi connectivity index (χ0v) is 13.0. The Morgan fingerprint density at radius 2 is 2.23 bits per heavy atom.